The molecule has 3 aromatic rings. The van der Waals surface area contributed by atoms with Crippen molar-refractivity contribution >= 4 is 43.5 Å². The molecule has 2 amide bonds. The Morgan fingerprint density at radius 1 is 1.00 bits per heavy atom. The van der Waals surface area contributed by atoms with Crippen LogP contribution in [0.2, 0.25) is 0 Å². The Hall–Kier alpha value is -3.24. The number of hydrogen-bond donors (Lipinski definition) is 1. The van der Waals surface area contributed by atoms with Crippen LogP contribution in [-0.2, 0) is 26.2 Å². The molecule has 0 fully saturated rings. The maximum Gasteiger partial charge on any atom is 0.264 e. The van der Waals surface area contributed by atoms with E-state index in [2.05, 4.69) is 21.2 Å². The standard InChI is InChI=1S/C26H27BrFN3O4S/c1-18-8-14-23(15-9-18)36(34,35)31(22-12-10-21(27)11-13-22)17-25(32)30(19(2)26(33)29-3)16-20-6-4-5-7-24(20)28/h4-15,19H,16-17H2,1-3H3,(H,29,33)/t19-/m1/s1. The molecule has 3 rings (SSSR count). The zero-order valence-electron chi connectivity index (χ0n) is 20.1. The summed E-state index contributed by atoms with van der Waals surface area (Å²) in [5, 5.41) is 2.49. The fourth-order valence-electron chi connectivity index (χ4n) is 3.58. The van der Waals surface area contributed by atoms with E-state index in [1.807, 2.05) is 6.92 Å². The number of amides is 2. The summed E-state index contributed by atoms with van der Waals surface area (Å²) < 4.78 is 43.5. The molecule has 0 aliphatic heterocycles. The zero-order chi connectivity index (χ0) is 26.5. The van der Waals surface area contributed by atoms with Crippen molar-refractivity contribution in [3.05, 3.63) is 94.2 Å². The van der Waals surface area contributed by atoms with Gasteiger partial charge in [-0.25, -0.2) is 12.8 Å². The summed E-state index contributed by atoms with van der Waals surface area (Å²) in [7, 11) is -2.72. The monoisotopic (exact) mass is 575 g/mol. The normalized spacial score (nSPS) is 12.0. The van der Waals surface area contributed by atoms with Crippen LogP contribution in [0, 0.1) is 12.7 Å². The Balaban J connectivity index is 2.03. The maximum atomic E-state index is 14.4. The van der Waals surface area contributed by atoms with Gasteiger partial charge < -0.3 is 10.2 Å². The second-order valence-electron chi connectivity index (χ2n) is 8.20. The van der Waals surface area contributed by atoms with Gasteiger partial charge in [0, 0.05) is 23.6 Å². The van der Waals surface area contributed by atoms with Crippen molar-refractivity contribution in [3.8, 4) is 0 Å². The first-order chi connectivity index (χ1) is 17.0. The first-order valence-corrected chi connectivity index (χ1v) is 13.4. The maximum absolute atomic E-state index is 14.4. The highest BCUT2D eigenvalue weighted by atomic mass is 79.9. The summed E-state index contributed by atoms with van der Waals surface area (Å²) in [6.45, 7) is 2.55. The Bertz CT molecular complexity index is 1330. The molecule has 0 unspecified atom stereocenters. The smallest absolute Gasteiger partial charge is 0.264 e. The highest BCUT2D eigenvalue weighted by Crippen LogP contribution is 2.26. The minimum atomic E-state index is -4.15. The molecular formula is C26H27BrFN3O4S. The first-order valence-electron chi connectivity index (χ1n) is 11.1. The van der Waals surface area contributed by atoms with Crippen molar-refractivity contribution in [2.45, 2.75) is 31.3 Å². The van der Waals surface area contributed by atoms with E-state index in [0.717, 1.165) is 14.3 Å². The molecule has 0 spiro atoms. The van der Waals surface area contributed by atoms with Gasteiger partial charge in [0.2, 0.25) is 11.8 Å². The lowest BCUT2D eigenvalue weighted by Crippen LogP contribution is -2.50. The predicted molar refractivity (Wildman–Crippen MR) is 140 cm³/mol. The van der Waals surface area contributed by atoms with Crippen LogP contribution in [0.5, 0.6) is 0 Å². The van der Waals surface area contributed by atoms with Crippen LogP contribution in [0.15, 0.2) is 82.2 Å². The average Bonchev–Trinajstić information content (AvgIpc) is 2.86. The Morgan fingerprint density at radius 2 is 1.61 bits per heavy atom. The molecule has 0 radical (unpaired) electrons. The lowest BCUT2D eigenvalue weighted by Gasteiger charge is -2.31. The van der Waals surface area contributed by atoms with Crippen LogP contribution in [0.3, 0.4) is 0 Å². The molecule has 0 aliphatic rings. The number of aryl methyl sites for hydroxylation is 1. The molecule has 3 aromatic carbocycles. The number of carbonyl (C=O) groups excluding carboxylic acids is 2. The van der Waals surface area contributed by atoms with Gasteiger partial charge in [-0.2, -0.15) is 0 Å². The summed E-state index contributed by atoms with van der Waals surface area (Å²) in [4.78, 5) is 27.2. The van der Waals surface area contributed by atoms with Gasteiger partial charge in [-0.3, -0.25) is 13.9 Å². The van der Waals surface area contributed by atoms with Crippen molar-refractivity contribution < 1.29 is 22.4 Å². The van der Waals surface area contributed by atoms with E-state index in [-0.39, 0.29) is 22.7 Å². The minimum Gasteiger partial charge on any atom is -0.357 e. The number of likely N-dealkylation sites (N-methyl/N-ethyl adjacent to an activating group) is 1. The molecule has 190 valence electrons. The van der Waals surface area contributed by atoms with Gasteiger partial charge in [0.25, 0.3) is 10.0 Å². The number of nitrogens with one attached hydrogen (secondary N) is 1. The van der Waals surface area contributed by atoms with Crippen LogP contribution < -0.4 is 9.62 Å². The molecule has 7 nitrogen and oxygen atoms in total. The van der Waals surface area contributed by atoms with Crippen LogP contribution in [0.4, 0.5) is 10.1 Å². The number of benzene rings is 3. The Morgan fingerprint density at radius 3 is 2.19 bits per heavy atom. The zero-order valence-corrected chi connectivity index (χ0v) is 22.5. The predicted octanol–water partition coefficient (Wildman–Crippen LogP) is 4.26. The van der Waals surface area contributed by atoms with E-state index in [0.29, 0.717) is 0 Å². The summed E-state index contributed by atoms with van der Waals surface area (Å²) in [6, 6.07) is 17.7. The van der Waals surface area contributed by atoms with Crippen molar-refractivity contribution in [1.29, 1.82) is 0 Å². The summed E-state index contributed by atoms with van der Waals surface area (Å²) in [6.07, 6.45) is 0. The molecule has 1 N–H and O–H groups in total. The second kappa shape index (κ2) is 11.7. The molecule has 1 atom stereocenters. The number of nitrogens with zero attached hydrogens (tertiary/aromatic N) is 2. The molecule has 0 saturated carbocycles. The fraction of sp³-hybridized carbons (Fsp3) is 0.231. The summed E-state index contributed by atoms with van der Waals surface area (Å²) in [5.41, 5.74) is 1.36. The van der Waals surface area contributed by atoms with Crippen LogP contribution in [-0.4, -0.2) is 44.8 Å². The van der Waals surface area contributed by atoms with Gasteiger partial charge in [0.15, 0.2) is 0 Å². The lowest BCUT2D eigenvalue weighted by molar-refractivity contribution is -0.139. The van der Waals surface area contributed by atoms with E-state index >= 15 is 0 Å². The molecular weight excluding hydrogens is 549 g/mol. The number of sulfonamides is 1. The van der Waals surface area contributed by atoms with Crippen molar-refractivity contribution in [3.63, 3.8) is 0 Å². The number of carbonyl (C=O) groups is 2. The van der Waals surface area contributed by atoms with E-state index in [1.165, 1.54) is 49.2 Å². The summed E-state index contributed by atoms with van der Waals surface area (Å²) in [5.74, 6) is -1.65. The molecule has 10 heteroatoms. The van der Waals surface area contributed by atoms with Crippen LogP contribution in [0.1, 0.15) is 18.1 Å². The average molecular weight is 576 g/mol. The first kappa shape index (κ1) is 27.3. The van der Waals surface area contributed by atoms with Crippen molar-refractivity contribution in [2.75, 3.05) is 17.9 Å². The van der Waals surface area contributed by atoms with Gasteiger partial charge in [-0.1, -0.05) is 51.8 Å². The summed E-state index contributed by atoms with van der Waals surface area (Å²) >= 11 is 3.34. The Labute approximate surface area is 219 Å². The van der Waals surface area contributed by atoms with Gasteiger partial charge in [-0.05, 0) is 56.3 Å². The molecule has 36 heavy (non-hydrogen) atoms. The quantitative estimate of drug-likeness (QED) is 0.413. The highest BCUT2D eigenvalue weighted by Gasteiger charge is 2.32. The molecule has 0 aromatic heterocycles. The largest absolute Gasteiger partial charge is 0.357 e. The number of anilines is 1. The fourth-order valence-corrected chi connectivity index (χ4v) is 5.25. The minimum absolute atomic E-state index is 0.0174. The van der Waals surface area contributed by atoms with E-state index in [4.69, 9.17) is 0 Å². The highest BCUT2D eigenvalue weighted by molar-refractivity contribution is 9.10. The van der Waals surface area contributed by atoms with Gasteiger partial charge in [0.1, 0.15) is 18.4 Å². The van der Waals surface area contributed by atoms with Gasteiger partial charge in [-0.15, -0.1) is 0 Å². The molecule has 0 bridgehead atoms. The topological polar surface area (TPSA) is 86.8 Å². The van der Waals surface area contributed by atoms with Crippen molar-refractivity contribution in [2.24, 2.45) is 0 Å². The molecule has 0 aliphatic carbocycles. The van der Waals surface area contributed by atoms with Gasteiger partial charge in [0.05, 0.1) is 10.6 Å². The number of rotatable bonds is 9. The third-order valence-electron chi connectivity index (χ3n) is 5.71. The third-order valence-corrected chi connectivity index (χ3v) is 8.03. The van der Waals surface area contributed by atoms with Crippen molar-refractivity contribution in [1.82, 2.24) is 10.2 Å². The second-order valence-corrected chi connectivity index (χ2v) is 11.0. The number of hydrogen-bond acceptors (Lipinski definition) is 4. The van der Waals surface area contributed by atoms with Crippen LogP contribution >= 0.6 is 15.9 Å². The van der Waals surface area contributed by atoms with E-state index in [9.17, 15) is 22.4 Å². The third kappa shape index (κ3) is 6.30. The SMILES string of the molecule is CNC(=O)[C@@H](C)N(Cc1ccccc1F)C(=O)CN(c1ccc(Br)cc1)S(=O)(=O)c1ccc(C)cc1. The van der Waals surface area contributed by atoms with E-state index in [1.54, 1.807) is 42.5 Å². The molecule has 0 heterocycles. The lowest BCUT2D eigenvalue weighted by atomic mass is 10.1. The van der Waals surface area contributed by atoms with E-state index < -0.39 is 40.2 Å². The molecule has 0 saturated heterocycles. The number of halogens is 2. The van der Waals surface area contributed by atoms with Crippen LogP contribution in [0.25, 0.3) is 0 Å². The Kier molecular flexibility index (Phi) is 8.86. The van der Waals surface area contributed by atoms with Gasteiger partial charge >= 0.3 is 0 Å².